The minimum absolute atomic E-state index is 0.000149. The Morgan fingerprint density at radius 3 is 2.64 bits per heavy atom. The zero-order valence-corrected chi connectivity index (χ0v) is 13.7. The zero-order chi connectivity index (χ0) is 16.0. The van der Waals surface area contributed by atoms with Crippen molar-refractivity contribution in [3.63, 3.8) is 0 Å². The van der Waals surface area contributed by atoms with Crippen LogP contribution in [-0.2, 0) is 26.0 Å². The Bertz CT molecular complexity index is 606. The molecule has 1 aromatic rings. The van der Waals surface area contributed by atoms with Gasteiger partial charge in [-0.05, 0) is 18.9 Å². The van der Waals surface area contributed by atoms with Gasteiger partial charge in [-0.15, -0.1) is 0 Å². The third-order valence-corrected chi connectivity index (χ3v) is 6.28. The maximum atomic E-state index is 12.2. The van der Waals surface area contributed by atoms with Gasteiger partial charge in [0.15, 0.2) is 9.84 Å². The molecule has 2 rings (SSSR count). The van der Waals surface area contributed by atoms with Crippen LogP contribution in [0.2, 0.25) is 0 Å². The Hall–Kier alpha value is -1.40. The van der Waals surface area contributed by atoms with Crippen molar-refractivity contribution in [2.45, 2.75) is 44.0 Å². The van der Waals surface area contributed by atoms with Crippen molar-refractivity contribution in [3.8, 4) is 0 Å². The van der Waals surface area contributed by atoms with Crippen LogP contribution in [-0.4, -0.2) is 32.4 Å². The molecule has 0 unspecified atom stereocenters. The highest BCUT2D eigenvalue weighted by atomic mass is 32.2. The van der Waals surface area contributed by atoms with E-state index in [1.54, 1.807) is 13.2 Å². The molecule has 0 aromatic heterocycles. The number of hydrogen-bond donors (Lipinski definition) is 1. The van der Waals surface area contributed by atoms with Gasteiger partial charge in [0.25, 0.3) is 0 Å². The number of sulfone groups is 1. The van der Waals surface area contributed by atoms with Crippen molar-refractivity contribution in [3.05, 3.63) is 29.8 Å². The molecular weight excluding hydrogens is 302 g/mol. The number of ether oxygens (including phenoxy) is 1. The average molecular weight is 325 g/mol. The topological polar surface area (TPSA) is 72.5 Å². The van der Waals surface area contributed by atoms with Crippen molar-refractivity contribution in [2.24, 2.45) is 0 Å². The first-order chi connectivity index (χ1) is 10.5. The van der Waals surface area contributed by atoms with Gasteiger partial charge in [-0.1, -0.05) is 31.0 Å². The highest BCUT2D eigenvalue weighted by Crippen LogP contribution is 2.25. The average Bonchev–Trinajstić information content (AvgIpc) is 3.03. The Balaban J connectivity index is 1.90. The molecule has 5 nitrogen and oxygen atoms in total. The summed E-state index contributed by atoms with van der Waals surface area (Å²) in [5.74, 6) is -0.346. The first-order valence-electron chi connectivity index (χ1n) is 7.61. The minimum atomic E-state index is -3.15. The summed E-state index contributed by atoms with van der Waals surface area (Å²) in [6, 6.07) is 7.35. The Kier molecular flexibility index (Phi) is 5.97. The largest absolute Gasteiger partial charge is 0.380 e. The second-order valence-electron chi connectivity index (χ2n) is 5.66. The predicted molar refractivity (Wildman–Crippen MR) is 86.4 cm³/mol. The second-order valence-corrected chi connectivity index (χ2v) is 8.06. The Morgan fingerprint density at radius 2 is 1.95 bits per heavy atom. The Morgan fingerprint density at radius 1 is 1.27 bits per heavy atom. The number of carbonyl (C=O) groups excluding carboxylic acids is 1. The molecule has 22 heavy (non-hydrogen) atoms. The summed E-state index contributed by atoms with van der Waals surface area (Å²) >= 11 is 0. The van der Waals surface area contributed by atoms with E-state index in [4.69, 9.17) is 4.74 Å². The molecule has 1 amide bonds. The van der Waals surface area contributed by atoms with Gasteiger partial charge in [0, 0.05) is 24.8 Å². The summed E-state index contributed by atoms with van der Waals surface area (Å²) < 4.78 is 29.4. The van der Waals surface area contributed by atoms with E-state index in [2.05, 4.69) is 5.32 Å². The highest BCUT2D eigenvalue weighted by Gasteiger charge is 2.28. The van der Waals surface area contributed by atoms with Gasteiger partial charge in [-0.2, -0.15) is 0 Å². The third kappa shape index (κ3) is 4.55. The number of rotatable bonds is 7. The van der Waals surface area contributed by atoms with Gasteiger partial charge in [-0.25, -0.2) is 8.42 Å². The quantitative estimate of drug-likeness (QED) is 0.836. The lowest BCUT2D eigenvalue weighted by Crippen LogP contribution is -2.24. The molecule has 6 heteroatoms. The lowest BCUT2D eigenvalue weighted by atomic mass is 10.2. The summed E-state index contributed by atoms with van der Waals surface area (Å²) in [5, 5.41) is 2.53. The van der Waals surface area contributed by atoms with Crippen molar-refractivity contribution >= 4 is 21.4 Å². The van der Waals surface area contributed by atoms with Crippen LogP contribution >= 0.6 is 0 Å². The molecule has 1 fully saturated rings. The van der Waals surface area contributed by atoms with E-state index in [0.717, 1.165) is 31.2 Å². The lowest BCUT2D eigenvalue weighted by Gasteiger charge is -2.12. The highest BCUT2D eigenvalue weighted by molar-refractivity contribution is 7.92. The molecule has 0 spiro atoms. The van der Waals surface area contributed by atoms with Gasteiger partial charge in [-0.3, -0.25) is 4.79 Å². The number of anilines is 1. The molecule has 1 saturated carbocycles. The van der Waals surface area contributed by atoms with Gasteiger partial charge < -0.3 is 10.1 Å². The third-order valence-electron chi connectivity index (χ3n) is 4.02. The number of nitrogens with one attached hydrogen (secondary N) is 1. The molecule has 0 saturated heterocycles. The summed E-state index contributed by atoms with van der Waals surface area (Å²) in [4.78, 5) is 12.0. The first kappa shape index (κ1) is 17.0. The minimum Gasteiger partial charge on any atom is -0.380 e. The summed E-state index contributed by atoms with van der Waals surface area (Å²) in [7, 11) is -1.56. The van der Waals surface area contributed by atoms with Crippen LogP contribution in [0.1, 0.15) is 37.7 Å². The summed E-state index contributed by atoms with van der Waals surface area (Å²) in [6.07, 6.45) is 3.42. The maximum Gasteiger partial charge on any atom is 0.225 e. The van der Waals surface area contributed by atoms with Crippen LogP contribution in [0, 0.1) is 0 Å². The molecule has 1 N–H and O–H groups in total. The molecule has 1 aromatic carbocycles. The van der Waals surface area contributed by atoms with Crippen LogP contribution < -0.4 is 5.32 Å². The van der Waals surface area contributed by atoms with Crippen molar-refractivity contribution in [1.29, 1.82) is 0 Å². The van der Waals surface area contributed by atoms with E-state index in [9.17, 15) is 13.2 Å². The van der Waals surface area contributed by atoms with E-state index in [1.807, 2.05) is 18.2 Å². The van der Waals surface area contributed by atoms with Gasteiger partial charge >= 0.3 is 0 Å². The molecule has 0 aliphatic heterocycles. The van der Waals surface area contributed by atoms with E-state index in [0.29, 0.717) is 12.3 Å². The van der Waals surface area contributed by atoms with Gasteiger partial charge in [0.2, 0.25) is 5.91 Å². The van der Waals surface area contributed by atoms with Crippen molar-refractivity contribution in [1.82, 2.24) is 0 Å². The molecule has 1 aliphatic carbocycles. The fourth-order valence-corrected chi connectivity index (χ4v) is 4.64. The lowest BCUT2D eigenvalue weighted by molar-refractivity contribution is -0.115. The SMILES string of the molecule is COCc1ccccc1NC(=O)CCS(=O)(=O)C1CCCC1. The molecule has 0 bridgehead atoms. The van der Waals surface area contributed by atoms with Crippen LogP contribution in [0.15, 0.2) is 24.3 Å². The van der Waals surface area contributed by atoms with E-state index >= 15 is 0 Å². The fraction of sp³-hybridized carbons (Fsp3) is 0.562. The van der Waals surface area contributed by atoms with E-state index in [1.165, 1.54) is 0 Å². The van der Waals surface area contributed by atoms with Gasteiger partial charge in [0.05, 0.1) is 17.6 Å². The molecule has 0 heterocycles. The number of amides is 1. The zero-order valence-electron chi connectivity index (χ0n) is 12.9. The normalized spacial score (nSPS) is 15.9. The molecular formula is C16H23NO4S. The fourth-order valence-electron chi connectivity index (χ4n) is 2.79. The van der Waals surface area contributed by atoms with Crippen LogP contribution in [0.3, 0.4) is 0 Å². The monoisotopic (exact) mass is 325 g/mol. The molecule has 122 valence electrons. The molecule has 0 atom stereocenters. The summed E-state index contributed by atoms with van der Waals surface area (Å²) in [5.41, 5.74) is 1.55. The van der Waals surface area contributed by atoms with Crippen molar-refractivity contribution in [2.75, 3.05) is 18.2 Å². The first-order valence-corrected chi connectivity index (χ1v) is 9.33. The number of carbonyl (C=O) groups is 1. The van der Waals surface area contributed by atoms with Crippen LogP contribution in [0.4, 0.5) is 5.69 Å². The standard InChI is InChI=1S/C16H23NO4S/c1-21-12-13-6-2-5-9-15(13)17-16(18)10-11-22(19,20)14-7-3-4-8-14/h2,5-6,9,14H,3-4,7-8,10-12H2,1H3,(H,17,18). The number of methoxy groups -OCH3 is 1. The predicted octanol–water partition coefficient (Wildman–Crippen LogP) is 2.52. The van der Waals surface area contributed by atoms with Gasteiger partial charge in [0.1, 0.15) is 0 Å². The number of benzene rings is 1. The van der Waals surface area contributed by atoms with Crippen LogP contribution in [0.5, 0.6) is 0 Å². The van der Waals surface area contributed by atoms with E-state index < -0.39 is 9.84 Å². The Labute approximate surface area is 132 Å². The second kappa shape index (κ2) is 7.74. The van der Waals surface area contributed by atoms with Crippen molar-refractivity contribution < 1.29 is 17.9 Å². The van der Waals surface area contributed by atoms with E-state index in [-0.39, 0.29) is 23.3 Å². The number of para-hydroxylation sites is 1. The van der Waals surface area contributed by atoms with Crippen LogP contribution in [0.25, 0.3) is 0 Å². The maximum absolute atomic E-state index is 12.2. The number of hydrogen-bond acceptors (Lipinski definition) is 4. The molecule has 0 radical (unpaired) electrons. The summed E-state index contributed by atoms with van der Waals surface area (Å²) in [6.45, 7) is 0.400. The smallest absolute Gasteiger partial charge is 0.225 e. The molecule has 1 aliphatic rings.